The van der Waals surface area contributed by atoms with Gasteiger partial charge in [0, 0.05) is 5.02 Å². The molecule has 0 aliphatic carbocycles. The number of halogens is 2. The van der Waals surface area contributed by atoms with E-state index in [4.69, 9.17) is 23.2 Å². The normalized spacial score (nSPS) is 10.8. The number of nitrogens with one attached hydrogen (secondary N) is 1. The summed E-state index contributed by atoms with van der Waals surface area (Å²) in [6, 6.07) is 6.52. The summed E-state index contributed by atoms with van der Waals surface area (Å²) in [4.78, 5) is 22.8. The SMILES string of the molecule is O=c1[nH]c(-c2ncc(Cl)s2)nc(O)c1-c1ccc(Cl)cc1. The van der Waals surface area contributed by atoms with E-state index in [1.54, 1.807) is 24.3 Å². The lowest BCUT2D eigenvalue weighted by Crippen LogP contribution is -2.12. The second-order valence-electron chi connectivity index (χ2n) is 4.09. The summed E-state index contributed by atoms with van der Waals surface area (Å²) in [5.41, 5.74) is 0.138. The zero-order valence-corrected chi connectivity index (χ0v) is 12.6. The van der Waals surface area contributed by atoms with Crippen LogP contribution in [0.25, 0.3) is 22.0 Å². The maximum Gasteiger partial charge on any atom is 0.263 e. The van der Waals surface area contributed by atoms with Gasteiger partial charge < -0.3 is 10.1 Å². The molecule has 5 nitrogen and oxygen atoms in total. The fourth-order valence-electron chi connectivity index (χ4n) is 1.80. The molecule has 0 fully saturated rings. The van der Waals surface area contributed by atoms with Gasteiger partial charge in [-0.1, -0.05) is 46.7 Å². The van der Waals surface area contributed by atoms with Gasteiger partial charge in [0.2, 0.25) is 5.88 Å². The van der Waals surface area contributed by atoms with Crippen LogP contribution in [-0.4, -0.2) is 20.1 Å². The largest absolute Gasteiger partial charge is 0.493 e. The van der Waals surface area contributed by atoms with Crippen LogP contribution in [0.5, 0.6) is 5.88 Å². The van der Waals surface area contributed by atoms with E-state index in [-0.39, 0.29) is 17.3 Å². The first-order valence-electron chi connectivity index (χ1n) is 5.75. The lowest BCUT2D eigenvalue weighted by molar-refractivity contribution is 0.454. The van der Waals surface area contributed by atoms with E-state index in [9.17, 15) is 9.90 Å². The number of H-pyrrole nitrogens is 1. The van der Waals surface area contributed by atoms with Crippen LogP contribution in [0.3, 0.4) is 0 Å². The van der Waals surface area contributed by atoms with Gasteiger partial charge in [-0.25, -0.2) is 4.98 Å². The molecule has 2 heterocycles. The Morgan fingerprint density at radius 3 is 2.48 bits per heavy atom. The van der Waals surface area contributed by atoms with Crippen molar-refractivity contribution in [3.8, 4) is 27.8 Å². The van der Waals surface area contributed by atoms with Crippen LogP contribution in [0.2, 0.25) is 9.36 Å². The molecule has 8 heteroatoms. The molecular weight excluding hydrogens is 333 g/mol. The first-order valence-corrected chi connectivity index (χ1v) is 7.33. The molecule has 0 spiro atoms. The molecule has 106 valence electrons. The number of benzene rings is 1. The molecular formula is C13H7Cl2N3O2S. The topological polar surface area (TPSA) is 78.9 Å². The third-order valence-electron chi connectivity index (χ3n) is 2.71. The average Bonchev–Trinajstić information content (AvgIpc) is 2.87. The van der Waals surface area contributed by atoms with Crippen LogP contribution < -0.4 is 5.56 Å². The number of aromatic nitrogens is 3. The summed E-state index contributed by atoms with van der Waals surface area (Å²) in [5, 5.41) is 11.0. The van der Waals surface area contributed by atoms with Gasteiger partial charge in [0.15, 0.2) is 10.8 Å². The minimum atomic E-state index is -0.467. The van der Waals surface area contributed by atoms with Crippen LogP contribution in [-0.2, 0) is 0 Å². The molecule has 3 rings (SSSR count). The standard InChI is InChI=1S/C13H7Cl2N3O2S/c14-7-3-1-6(2-4-7)9-11(19)17-10(18-12(9)20)13-16-5-8(15)21-13/h1-5H,(H2,17,18,19,20). The summed E-state index contributed by atoms with van der Waals surface area (Å²) < 4.78 is 0.467. The molecule has 2 N–H and O–H groups in total. The van der Waals surface area contributed by atoms with Crippen LogP contribution in [0, 0.1) is 0 Å². The fraction of sp³-hybridized carbons (Fsp3) is 0. The second-order valence-corrected chi connectivity index (χ2v) is 6.19. The molecule has 0 saturated carbocycles. The highest BCUT2D eigenvalue weighted by Crippen LogP contribution is 2.29. The van der Waals surface area contributed by atoms with Gasteiger partial charge in [0.25, 0.3) is 5.56 Å². The van der Waals surface area contributed by atoms with Crippen molar-refractivity contribution in [2.45, 2.75) is 0 Å². The molecule has 1 aromatic carbocycles. The Morgan fingerprint density at radius 1 is 1.19 bits per heavy atom. The summed E-state index contributed by atoms with van der Waals surface area (Å²) in [6.45, 7) is 0. The van der Waals surface area contributed by atoms with E-state index in [1.165, 1.54) is 6.20 Å². The van der Waals surface area contributed by atoms with Crippen LogP contribution >= 0.6 is 34.5 Å². The molecule has 0 bridgehead atoms. The van der Waals surface area contributed by atoms with Crippen molar-refractivity contribution in [2.75, 3.05) is 0 Å². The van der Waals surface area contributed by atoms with Gasteiger partial charge in [-0.3, -0.25) is 4.79 Å². The summed E-state index contributed by atoms with van der Waals surface area (Å²) in [7, 11) is 0. The van der Waals surface area contributed by atoms with E-state index in [0.717, 1.165) is 11.3 Å². The summed E-state index contributed by atoms with van der Waals surface area (Å²) in [6.07, 6.45) is 1.45. The Hall–Kier alpha value is -1.89. The van der Waals surface area contributed by atoms with Crippen molar-refractivity contribution >= 4 is 34.5 Å². The molecule has 0 amide bonds. The number of aromatic amines is 1. The highest BCUT2D eigenvalue weighted by atomic mass is 35.5. The van der Waals surface area contributed by atoms with Crippen LogP contribution in [0.1, 0.15) is 0 Å². The molecule has 0 aliphatic rings. The van der Waals surface area contributed by atoms with E-state index in [0.29, 0.717) is 19.9 Å². The van der Waals surface area contributed by atoms with Crippen molar-refractivity contribution in [3.05, 3.63) is 50.2 Å². The van der Waals surface area contributed by atoms with E-state index in [2.05, 4.69) is 15.0 Å². The minimum absolute atomic E-state index is 0.0815. The third kappa shape index (κ3) is 2.78. The van der Waals surface area contributed by atoms with Crippen LogP contribution in [0.15, 0.2) is 35.3 Å². The van der Waals surface area contributed by atoms with Crippen molar-refractivity contribution in [1.29, 1.82) is 0 Å². The van der Waals surface area contributed by atoms with Crippen molar-refractivity contribution < 1.29 is 5.11 Å². The van der Waals surface area contributed by atoms with Gasteiger partial charge >= 0.3 is 0 Å². The lowest BCUT2D eigenvalue weighted by atomic mass is 10.1. The van der Waals surface area contributed by atoms with Gasteiger partial charge in [0.05, 0.1) is 6.20 Å². The predicted molar refractivity (Wildman–Crippen MR) is 83.1 cm³/mol. The van der Waals surface area contributed by atoms with E-state index in [1.807, 2.05) is 0 Å². The number of nitrogens with zero attached hydrogens (tertiary/aromatic N) is 2. The number of hydrogen-bond donors (Lipinski definition) is 2. The zero-order chi connectivity index (χ0) is 15.0. The Morgan fingerprint density at radius 2 is 1.90 bits per heavy atom. The Balaban J connectivity index is 2.12. The Kier molecular flexibility index (Phi) is 3.67. The monoisotopic (exact) mass is 339 g/mol. The molecule has 0 aliphatic heterocycles. The van der Waals surface area contributed by atoms with Crippen molar-refractivity contribution in [3.63, 3.8) is 0 Å². The van der Waals surface area contributed by atoms with E-state index < -0.39 is 5.56 Å². The van der Waals surface area contributed by atoms with Crippen molar-refractivity contribution in [1.82, 2.24) is 15.0 Å². The molecule has 3 aromatic rings. The number of hydrogen-bond acceptors (Lipinski definition) is 5. The van der Waals surface area contributed by atoms with E-state index >= 15 is 0 Å². The Bertz CT molecular complexity index is 859. The van der Waals surface area contributed by atoms with Gasteiger partial charge in [-0.05, 0) is 17.7 Å². The van der Waals surface area contributed by atoms with Gasteiger partial charge in [0.1, 0.15) is 9.90 Å². The summed E-state index contributed by atoms with van der Waals surface area (Å²) >= 11 is 12.8. The highest BCUT2D eigenvalue weighted by Gasteiger charge is 2.15. The second kappa shape index (κ2) is 5.48. The molecule has 0 atom stereocenters. The first kappa shape index (κ1) is 14.1. The smallest absolute Gasteiger partial charge is 0.263 e. The number of aromatic hydroxyl groups is 1. The van der Waals surface area contributed by atoms with Crippen molar-refractivity contribution in [2.24, 2.45) is 0 Å². The predicted octanol–water partition coefficient (Wildman–Crippen LogP) is 3.57. The number of rotatable bonds is 2. The van der Waals surface area contributed by atoms with Gasteiger partial charge in [-0.2, -0.15) is 4.98 Å². The van der Waals surface area contributed by atoms with Crippen LogP contribution in [0.4, 0.5) is 0 Å². The molecule has 0 saturated heterocycles. The van der Waals surface area contributed by atoms with Gasteiger partial charge in [-0.15, -0.1) is 0 Å². The first-order chi connectivity index (χ1) is 10.0. The minimum Gasteiger partial charge on any atom is -0.493 e. The number of thiazole rings is 1. The average molecular weight is 340 g/mol. The molecule has 0 radical (unpaired) electrons. The molecule has 0 unspecified atom stereocenters. The zero-order valence-electron chi connectivity index (χ0n) is 10.3. The maximum atomic E-state index is 12.2. The lowest BCUT2D eigenvalue weighted by Gasteiger charge is -2.04. The summed E-state index contributed by atoms with van der Waals surface area (Å²) in [5.74, 6) is -0.200. The maximum absolute atomic E-state index is 12.2. The quantitative estimate of drug-likeness (QED) is 0.747. The third-order valence-corrected chi connectivity index (χ3v) is 4.09. The Labute approximate surface area is 132 Å². The molecule has 2 aromatic heterocycles. The molecule has 21 heavy (non-hydrogen) atoms. The fourth-order valence-corrected chi connectivity index (χ4v) is 2.79. The highest BCUT2D eigenvalue weighted by molar-refractivity contribution is 7.18.